The van der Waals surface area contributed by atoms with Crippen LogP contribution in [0, 0.1) is 0 Å². The Morgan fingerprint density at radius 3 is 2.05 bits per heavy atom. The van der Waals surface area contributed by atoms with Gasteiger partial charge in [0.25, 0.3) is 5.56 Å². The van der Waals surface area contributed by atoms with E-state index >= 15 is 0 Å². The quantitative estimate of drug-likeness (QED) is 0.846. The maximum atomic E-state index is 12.5. The van der Waals surface area contributed by atoms with E-state index in [1.165, 1.54) is 10.3 Å². The fourth-order valence-corrected chi connectivity index (χ4v) is 2.70. The predicted octanol–water partition coefficient (Wildman–Crippen LogP) is 3.31. The summed E-state index contributed by atoms with van der Waals surface area (Å²) in [5.41, 5.74) is 2.10. The summed E-state index contributed by atoms with van der Waals surface area (Å²) in [6.07, 6.45) is 0. The molecule has 102 valence electrons. The summed E-state index contributed by atoms with van der Waals surface area (Å²) in [6.45, 7) is 8.48. The Balaban J connectivity index is 3.04. The van der Waals surface area contributed by atoms with Crippen molar-refractivity contribution in [1.82, 2.24) is 4.73 Å². The topological polar surface area (TPSA) is 31.2 Å². The number of hydrogen-bond acceptors (Lipinski definition) is 2. The number of hydrogen-bond donors (Lipinski definition) is 0. The molecule has 0 aliphatic heterocycles. The average Bonchev–Trinajstić information content (AvgIpc) is 2.37. The second kappa shape index (κ2) is 5.08. The molecule has 1 aromatic carbocycles. The van der Waals surface area contributed by atoms with Crippen LogP contribution in [0.4, 0.5) is 0 Å². The maximum absolute atomic E-state index is 12.5. The Morgan fingerprint density at radius 2 is 1.58 bits per heavy atom. The van der Waals surface area contributed by atoms with Crippen molar-refractivity contribution in [3.63, 3.8) is 0 Å². The van der Waals surface area contributed by atoms with Gasteiger partial charge in [-0.2, -0.15) is 0 Å². The van der Waals surface area contributed by atoms with Gasteiger partial charge in [-0.05, 0) is 28.9 Å². The van der Waals surface area contributed by atoms with Crippen LogP contribution in [0.3, 0.4) is 0 Å². The number of fused-ring (bicyclic) bond motifs is 1. The van der Waals surface area contributed by atoms with E-state index in [1.807, 2.05) is 24.3 Å². The molecular formula is C16H21NO2. The van der Waals surface area contributed by atoms with Gasteiger partial charge in [-0.25, -0.2) is 0 Å². The molecular weight excluding hydrogens is 238 g/mol. The molecule has 19 heavy (non-hydrogen) atoms. The Labute approximate surface area is 113 Å². The third-order valence-corrected chi connectivity index (χ3v) is 3.43. The number of aromatic nitrogens is 1. The highest BCUT2D eigenvalue weighted by atomic mass is 16.6. The van der Waals surface area contributed by atoms with E-state index in [-0.39, 0.29) is 11.5 Å². The Kier molecular flexibility index (Phi) is 3.65. The van der Waals surface area contributed by atoms with Crippen molar-refractivity contribution in [3.8, 4) is 0 Å². The second-order valence-corrected chi connectivity index (χ2v) is 5.44. The molecule has 0 atom stereocenters. The first-order valence-electron chi connectivity index (χ1n) is 6.71. The molecule has 2 rings (SSSR count). The first-order chi connectivity index (χ1) is 8.99. The number of benzene rings is 1. The van der Waals surface area contributed by atoms with Crippen molar-refractivity contribution in [1.29, 1.82) is 0 Å². The molecule has 3 heteroatoms. The summed E-state index contributed by atoms with van der Waals surface area (Å²) < 4.78 is 1.45. The molecule has 0 saturated heterocycles. The lowest BCUT2D eigenvalue weighted by molar-refractivity contribution is 0.146. The zero-order valence-electron chi connectivity index (χ0n) is 12.2. The summed E-state index contributed by atoms with van der Waals surface area (Å²) in [4.78, 5) is 17.8. The summed E-state index contributed by atoms with van der Waals surface area (Å²) in [6, 6.07) is 7.76. The SMILES string of the molecule is COn1c(C(C)C)c(C(C)C)c2ccccc2c1=O. The molecule has 0 unspecified atom stereocenters. The van der Waals surface area contributed by atoms with Gasteiger partial charge in [0.2, 0.25) is 0 Å². The number of rotatable bonds is 3. The summed E-state index contributed by atoms with van der Waals surface area (Å²) in [5, 5.41) is 1.76. The van der Waals surface area contributed by atoms with Gasteiger partial charge in [-0.15, -0.1) is 4.73 Å². The van der Waals surface area contributed by atoms with Crippen LogP contribution < -0.4 is 10.4 Å². The smallest absolute Gasteiger partial charge is 0.291 e. The average molecular weight is 259 g/mol. The molecule has 3 nitrogen and oxygen atoms in total. The first-order valence-corrected chi connectivity index (χ1v) is 6.71. The van der Waals surface area contributed by atoms with Gasteiger partial charge in [0.1, 0.15) is 7.11 Å². The van der Waals surface area contributed by atoms with E-state index in [0.717, 1.165) is 16.5 Å². The number of nitrogens with zero attached hydrogens (tertiary/aromatic N) is 1. The Morgan fingerprint density at radius 1 is 1.00 bits per heavy atom. The van der Waals surface area contributed by atoms with Gasteiger partial charge in [0, 0.05) is 0 Å². The fourth-order valence-electron chi connectivity index (χ4n) is 2.70. The molecule has 0 spiro atoms. The lowest BCUT2D eigenvalue weighted by Gasteiger charge is -2.22. The van der Waals surface area contributed by atoms with E-state index in [1.54, 1.807) is 7.11 Å². The van der Waals surface area contributed by atoms with Crippen LogP contribution in [-0.2, 0) is 0 Å². The van der Waals surface area contributed by atoms with Crippen LogP contribution in [0.1, 0.15) is 50.8 Å². The molecule has 0 fully saturated rings. The van der Waals surface area contributed by atoms with E-state index in [2.05, 4.69) is 27.7 Å². The van der Waals surface area contributed by atoms with Gasteiger partial charge in [0.05, 0.1) is 11.1 Å². The number of pyridine rings is 1. The molecule has 0 bridgehead atoms. The van der Waals surface area contributed by atoms with Gasteiger partial charge in [-0.1, -0.05) is 45.9 Å². The first kappa shape index (κ1) is 13.7. The van der Waals surface area contributed by atoms with Crippen molar-refractivity contribution >= 4 is 10.8 Å². The largest absolute Gasteiger partial charge is 0.414 e. The fraction of sp³-hybridized carbons (Fsp3) is 0.438. The minimum atomic E-state index is -0.0776. The van der Waals surface area contributed by atoms with Crippen LogP contribution in [0.15, 0.2) is 29.1 Å². The molecule has 1 aromatic heterocycles. The van der Waals surface area contributed by atoms with Gasteiger partial charge >= 0.3 is 0 Å². The minimum absolute atomic E-state index is 0.0776. The monoisotopic (exact) mass is 259 g/mol. The van der Waals surface area contributed by atoms with Crippen LogP contribution in [-0.4, -0.2) is 11.8 Å². The highest BCUT2D eigenvalue weighted by molar-refractivity contribution is 5.86. The maximum Gasteiger partial charge on any atom is 0.291 e. The second-order valence-electron chi connectivity index (χ2n) is 5.44. The van der Waals surface area contributed by atoms with Crippen molar-refractivity contribution in [2.24, 2.45) is 0 Å². The van der Waals surface area contributed by atoms with Crippen LogP contribution >= 0.6 is 0 Å². The van der Waals surface area contributed by atoms with Gasteiger partial charge < -0.3 is 4.84 Å². The summed E-state index contributed by atoms with van der Waals surface area (Å²) in [7, 11) is 1.55. The lowest BCUT2D eigenvalue weighted by atomic mass is 9.91. The van der Waals surface area contributed by atoms with E-state index in [4.69, 9.17) is 4.84 Å². The van der Waals surface area contributed by atoms with Crippen molar-refractivity contribution < 1.29 is 4.84 Å². The van der Waals surface area contributed by atoms with Crippen molar-refractivity contribution in [3.05, 3.63) is 45.9 Å². The van der Waals surface area contributed by atoms with E-state index in [0.29, 0.717) is 5.92 Å². The summed E-state index contributed by atoms with van der Waals surface area (Å²) in [5.74, 6) is 0.568. The zero-order valence-corrected chi connectivity index (χ0v) is 12.2. The molecule has 0 saturated carbocycles. The van der Waals surface area contributed by atoms with Crippen molar-refractivity contribution in [2.75, 3.05) is 7.11 Å². The van der Waals surface area contributed by atoms with Gasteiger partial charge in [-0.3, -0.25) is 4.79 Å². The minimum Gasteiger partial charge on any atom is -0.414 e. The highest BCUT2D eigenvalue weighted by Crippen LogP contribution is 2.30. The zero-order chi connectivity index (χ0) is 14.2. The van der Waals surface area contributed by atoms with Crippen LogP contribution in [0.25, 0.3) is 10.8 Å². The van der Waals surface area contributed by atoms with E-state index < -0.39 is 0 Å². The Hall–Kier alpha value is -1.77. The molecule has 0 aliphatic carbocycles. The molecule has 0 amide bonds. The van der Waals surface area contributed by atoms with Crippen LogP contribution in [0.2, 0.25) is 0 Å². The summed E-state index contributed by atoms with van der Waals surface area (Å²) >= 11 is 0. The third kappa shape index (κ3) is 2.14. The Bertz CT molecular complexity index is 654. The van der Waals surface area contributed by atoms with E-state index in [9.17, 15) is 4.79 Å². The predicted molar refractivity (Wildman–Crippen MR) is 78.9 cm³/mol. The van der Waals surface area contributed by atoms with Gasteiger partial charge in [0.15, 0.2) is 0 Å². The molecule has 0 radical (unpaired) electrons. The molecule has 0 N–H and O–H groups in total. The van der Waals surface area contributed by atoms with Crippen LogP contribution in [0.5, 0.6) is 0 Å². The normalized spacial score (nSPS) is 11.5. The molecule has 0 aliphatic rings. The third-order valence-electron chi connectivity index (χ3n) is 3.43. The standard InChI is InChI=1S/C16H21NO2/c1-10(2)14-12-8-6-7-9-13(12)16(18)17(19-5)15(14)11(3)4/h6-11H,1-5H3. The highest BCUT2D eigenvalue weighted by Gasteiger charge is 2.21. The molecule has 1 heterocycles. The lowest BCUT2D eigenvalue weighted by Crippen LogP contribution is -2.30. The van der Waals surface area contributed by atoms with Crippen molar-refractivity contribution in [2.45, 2.75) is 39.5 Å². The molecule has 2 aromatic rings.